The number of nitrogens with two attached hydrogens (primary N) is 1. The number of hydrogen-bond donors (Lipinski definition) is 2. The Balaban J connectivity index is 2.41. The molecule has 0 aliphatic carbocycles. The summed E-state index contributed by atoms with van der Waals surface area (Å²) >= 11 is 4.96. The van der Waals surface area contributed by atoms with Gasteiger partial charge >= 0.3 is 0 Å². The van der Waals surface area contributed by atoms with E-state index < -0.39 is 0 Å². The molecule has 0 radical (unpaired) electrons. The maximum Gasteiger partial charge on any atom is 0.214 e. The monoisotopic (exact) mass is 238 g/mol. The standard InChI is InChI=1S/C9H14N6S/c1-5-7(6(2)14(3)13-5)4-8-11-12-9(16)15(8)10/h4,10H2,1-3H3,(H,12,16). The molecule has 0 aromatic carbocycles. The van der Waals surface area contributed by atoms with Crippen LogP contribution in [-0.2, 0) is 13.5 Å². The van der Waals surface area contributed by atoms with E-state index in [-0.39, 0.29) is 0 Å². The number of nitrogens with one attached hydrogen (secondary N) is 1. The third-order valence-electron chi connectivity index (χ3n) is 2.77. The Morgan fingerprint density at radius 3 is 2.56 bits per heavy atom. The lowest BCUT2D eigenvalue weighted by molar-refractivity contribution is 0.730. The van der Waals surface area contributed by atoms with Crippen molar-refractivity contribution in [2.75, 3.05) is 5.84 Å². The minimum absolute atomic E-state index is 0.425. The Hall–Kier alpha value is -1.63. The minimum atomic E-state index is 0.425. The van der Waals surface area contributed by atoms with Crippen LogP contribution in [0.2, 0.25) is 0 Å². The number of H-pyrrole nitrogens is 1. The molecule has 2 aromatic rings. The summed E-state index contributed by atoms with van der Waals surface area (Å²) in [5, 5.41) is 11.1. The molecule has 3 N–H and O–H groups in total. The molecule has 2 heterocycles. The summed E-state index contributed by atoms with van der Waals surface area (Å²) in [6.07, 6.45) is 0.634. The van der Waals surface area contributed by atoms with Gasteiger partial charge in [-0.15, -0.1) is 0 Å². The number of aromatic nitrogens is 5. The van der Waals surface area contributed by atoms with Crippen LogP contribution in [-0.4, -0.2) is 24.7 Å². The zero-order valence-electron chi connectivity index (χ0n) is 9.48. The molecule has 7 heteroatoms. The number of hydrogen-bond acceptors (Lipinski definition) is 4. The summed E-state index contributed by atoms with van der Waals surface area (Å²) in [4.78, 5) is 0. The minimum Gasteiger partial charge on any atom is -0.335 e. The van der Waals surface area contributed by atoms with Crippen LogP contribution in [0.3, 0.4) is 0 Å². The highest BCUT2D eigenvalue weighted by atomic mass is 32.1. The molecule has 2 aromatic heterocycles. The maximum atomic E-state index is 5.75. The van der Waals surface area contributed by atoms with E-state index >= 15 is 0 Å². The lowest BCUT2D eigenvalue weighted by atomic mass is 10.1. The second-order valence-corrected chi connectivity index (χ2v) is 4.15. The summed E-state index contributed by atoms with van der Waals surface area (Å²) in [5.74, 6) is 6.46. The van der Waals surface area contributed by atoms with Gasteiger partial charge in [0, 0.05) is 24.7 Å². The van der Waals surface area contributed by atoms with Crippen molar-refractivity contribution in [3.8, 4) is 0 Å². The van der Waals surface area contributed by atoms with Gasteiger partial charge in [-0.05, 0) is 26.1 Å². The van der Waals surface area contributed by atoms with E-state index in [1.54, 1.807) is 0 Å². The van der Waals surface area contributed by atoms with Crippen molar-refractivity contribution in [3.05, 3.63) is 27.5 Å². The molecule has 0 spiro atoms. The Morgan fingerprint density at radius 2 is 2.12 bits per heavy atom. The van der Waals surface area contributed by atoms with Crippen LogP contribution in [0, 0.1) is 18.6 Å². The van der Waals surface area contributed by atoms with Crippen LogP contribution < -0.4 is 5.84 Å². The predicted molar refractivity (Wildman–Crippen MR) is 63.1 cm³/mol. The van der Waals surface area contributed by atoms with Crippen LogP contribution in [0.4, 0.5) is 0 Å². The number of nitrogens with zero attached hydrogens (tertiary/aromatic N) is 4. The average molecular weight is 238 g/mol. The molecular formula is C9H14N6S. The summed E-state index contributed by atoms with van der Waals surface area (Å²) in [7, 11) is 1.92. The van der Waals surface area contributed by atoms with E-state index in [4.69, 9.17) is 18.1 Å². The van der Waals surface area contributed by atoms with Gasteiger partial charge in [-0.2, -0.15) is 10.2 Å². The fourth-order valence-corrected chi connectivity index (χ4v) is 1.84. The van der Waals surface area contributed by atoms with E-state index in [1.807, 2.05) is 25.6 Å². The highest BCUT2D eigenvalue weighted by Crippen LogP contribution is 2.15. The van der Waals surface area contributed by atoms with Crippen molar-refractivity contribution in [2.24, 2.45) is 7.05 Å². The van der Waals surface area contributed by atoms with E-state index in [0.29, 0.717) is 17.0 Å². The van der Waals surface area contributed by atoms with Gasteiger partial charge in [0.1, 0.15) is 0 Å². The smallest absolute Gasteiger partial charge is 0.214 e. The molecule has 16 heavy (non-hydrogen) atoms. The van der Waals surface area contributed by atoms with Gasteiger partial charge < -0.3 is 5.84 Å². The van der Waals surface area contributed by atoms with Crippen LogP contribution >= 0.6 is 12.2 Å². The van der Waals surface area contributed by atoms with Gasteiger partial charge in [0.15, 0.2) is 5.82 Å². The molecule has 0 saturated carbocycles. The van der Waals surface area contributed by atoms with Gasteiger partial charge in [0.05, 0.1) is 5.69 Å². The quantitative estimate of drug-likeness (QED) is 0.593. The molecule has 0 aliphatic rings. The molecule has 0 fully saturated rings. The topological polar surface area (TPSA) is 77.5 Å². The van der Waals surface area contributed by atoms with E-state index in [9.17, 15) is 0 Å². The Labute approximate surface area is 98.1 Å². The molecule has 0 bridgehead atoms. The predicted octanol–water partition coefficient (Wildman–Crippen LogP) is 0.596. The molecular weight excluding hydrogens is 224 g/mol. The first-order chi connectivity index (χ1) is 7.50. The first-order valence-electron chi connectivity index (χ1n) is 4.91. The lowest BCUT2D eigenvalue weighted by Gasteiger charge is -2.01. The normalized spacial score (nSPS) is 10.9. The van der Waals surface area contributed by atoms with Crippen molar-refractivity contribution in [1.29, 1.82) is 0 Å². The van der Waals surface area contributed by atoms with E-state index in [0.717, 1.165) is 17.0 Å². The first kappa shape index (κ1) is 10.9. The second-order valence-electron chi connectivity index (χ2n) is 3.76. The fraction of sp³-hybridized carbons (Fsp3) is 0.444. The molecule has 2 rings (SSSR count). The van der Waals surface area contributed by atoms with E-state index in [1.165, 1.54) is 4.68 Å². The van der Waals surface area contributed by atoms with Crippen LogP contribution in [0.5, 0.6) is 0 Å². The molecule has 0 amide bonds. The number of nitrogen functional groups attached to an aromatic ring is 1. The van der Waals surface area contributed by atoms with Crippen molar-refractivity contribution >= 4 is 12.2 Å². The zero-order valence-corrected chi connectivity index (χ0v) is 10.3. The third-order valence-corrected chi connectivity index (χ3v) is 3.06. The molecule has 0 unspecified atom stereocenters. The maximum absolute atomic E-state index is 5.75. The Morgan fingerprint density at radius 1 is 1.44 bits per heavy atom. The summed E-state index contributed by atoms with van der Waals surface area (Å²) in [6.45, 7) is 4.00. The number of rotatable bonds is 2. The van der Waals surface area contributed by atoms with Crippen molar-refractivity contribution in [2.45, 2.75) is 20.3 Å². The second kappa shape index (κ2) is 3.75. The number of aryl methyl sites for hydroxylation is 2. The highest BCUT2D eigenvalue weighted by molar-refractivity contribution is 7.71. The summed E-state index contributed by atoms with van der Waals surface area (Å²) in [5.41, 5.74) is 3.25. The first-order valence-corrected chi connectivity index (χ1v) is 5.32. The van der Waals surface area contributed by atoms with Gasteiger partial charge in [-0.1, -0.05) is 0 Å². The van der Waals surface area contributed by atoms with Gasteiger partial charge in [0.2, 0.25) is 4.77 Å². The van der Waals surface area contributed by atoms with Crippen molar-refractivity contribution in [3.63, 3.8) is 0 Å². The summed E-state index contributed by atoms with van der Waals surface area (Å²) in [6, 6.07) is 0. The molecule has 86 valence electrons. The molecule has 6 nitrogen and oxygen atoms in total. The summed E-state index contributed by atoms with van der Waals surface area (Å²) < 4.78 is 3.67. The Kier molecular flexibility index (Phi) is 2.55. The third kappa shape index (κ3) is 1.63. The zero-order chi connectivity index (χ0) is 11.9. The van der Waals surface area contributed by atoms with E-state index in [2.05, 4.69) is 15.3 Å². The lowest BCUT2D eigenvalue weighted by Crippen LogP contribution is -2.13. The van der Waals surface area contributed by atoms with Gasteiger partial charge in [0.25, 0.3) is 0 Å². The van der Waals surface area contributed by atoms with Crippen LogP contribution in [0.1, 0.15) is 22.8 Å². The van der Waals surface area contributed by atoms with Crippen LogP contribution in [0.15, 0.2) is 0 Å². The van der Waals surface area contributed by atoms with Crippen molar-refractivity contribution in [1.82, 2.24) is 24.7 Å². The molecule has 0 saturated heterocycles. The largest absolute Gasteiger partial charge is 0.335 e. The average Bonchev–Trinajstić information content (AvgIpc) is 2.66. The van der Waals surface area contributed by atoms with Crippen LogP contribution in [0.25, 0.3) is 0 Å². The van der Waals surface area contributed by atoms with Gasteiger partial charge in [-0.25, -0.2) is 4.68 Å². The van der Waals surface area contributed by atoms with Gasteiger partial charge in [-0.3, -0.25) is 9.78 Å². The van der Waals surface area contributed by atoms with Crippen molar-refractivity contribution < 1.29 is 0 Å². The Bertz CT molecular complexity index is 575. The highest BCUT2D eigenvalue weighted by Gasteiger charge is 2.13. The SMILES string of the molecule is Cc1nn(C)c(C)c1Cc1n[nH]c(=S)n1N. The molecule has 0 atom stereocenters. The fourth-order valence-electron chi connectivity index (χ4n) is 1.69. The molecule has 0 aliphatic heterocycles. The number of aromatic amines is 1.